The zero-order valence-corrected chi connectivity index (χ0v) is 14.3. The van der Waals surface area contributed by atoms with E-state index in [1.54, 1.807) is 38.3 Å². The molecule has 0 saturated carbocycles. The average Bonchev–Trinajstić information content (AvgIpc) is 3.01. The summed E-state index contributed by atoms with van der Waals surface area (Å²) in [5, 5.41) is 13.6. The molecule has 1 aromatic carbocycles. The van der Waals surface area contributed by atoms with Crippen LogP contribution in [0.5, 0.6) is 5.75 Å². The fraction of sp³-hybridized carbons (Fsp3) is 0.286. The van der Waals surface area contributed by atoms with E-state index in [9.17, 15) is 9.59 Å². The summed E-state index contributed by atoms with van der Waals surface area (Å²) in [7, 11) is 1.59. The molecule has 0 fully saturated rings. The number of anilines is 2. The summed E-state index contributed by atoms with van der Waals surface area (Å²) in [6.45, 7) is 1.76. The van der Waals surface area contributed by atoms with Gasteiger partial charge < -0.3 is 15.4 Å². The number of hydrogen-bond acceptors (Lipinski definition) is 7. The predicted octanol–water partition coefficient (Wildman–Crippen LogP) is 2.63. The van der Waals surface area contributed by atoms with Crippen molar-refractivity contribution >= 4 is 45.7 Å². The van der Waals surface area contributed by atoms with Gasteiger partial charge in [-0.2, -0.15) is 0 Å². The highest BCUT2D eigenvalue weighted by atomic mass is 32.2. The Morgan fingerprint density at radius 3 is 2.57 bits per heavy atom. The van der Waals surface area contributed by atoms with Gasteiger partial charge in [0.05, 0.1) is 12.9 Å². The Balaban J connectivity index is 1.80. The normalized spacial score (nSPS) is 10.2. The molecule has 2 N–H and O–H groups in total. The van der Waals surface area contributed by atoms with E-state index in [0.29, 0.717) is 21.6 Å². The van der Waals surface area contributed by atoms with Crippen molar-refractivity contribution in [3.8, 4) is 5.75 Å². The second-order valence-corrected chi connectivity index (χ2v) is 6.54. The summed E-state index contributed by atoms with van der Waals surface area (Å²) in [6.07, 6.45) is 0.381. The molecule has 2 aromatic rings. The van der Waals surface area contributed by atoms with E-state index >= 15 is 0 Å². The minimum absolute atomic E-state index is 0.116. The van der Waals surface area contributed by atoms with Gasteiger partial charge >= 0.3 is 0 Å². The number of benzene rings is 1. The Labute approximate surface area is 141 Å². The average molecular weight is 352 g/mol. The van der Waals surface area contributed by atoms with Crippen LogP contribution in [0.15, 0.2) is 28.6 Å². The SMILES string of the molecule is CCC(=O)Nc1nnc(SCC(=O)Nc2ccc(OC)cc2)s1. The first-order chi connectivity index (χ1) is 11.1. The van der Waals surface area contributed by atoms with Gasteiger partial charge in [0, 0.05) is 12.1 Å². The van der Waals surface area contributed by atoms with Gasteiger partial charge in [-0.3, -0.25) is 9.59 Å². The number of thioether (sulfide) groups is 1. The first kappa shape index (κ1) is 17.2. The smallest absolute Gasteiger partial charge is 0.234 e. The second kappa shape index (κ2) is 8.49. The van der Waals surface area contributed by atoms with E-state index in [-0.39, 0.29) is 17.6 Å². The molecule has 0 saturated heterocycles. The van der Waals surface area contributed by atoms with Gasteiger partial charge in [0.1, 0.15) is 5.75 Å². The molecule has 2 amide bonds. The molecule has 0 aliphatic rings. The van der Waals surface area contributed by atoms with Crippen LogP contribution < -0.4 is 15.4 Å². The van der Waals surface area contributed by atoms with Gasteiger partial charge in [-0.05, 0) is 24.3 Å². The predicted molar refractivity (Wildman–Crippen MR) is 91.2 cm³/mol. The van der Waals surface area contributed by atoms with Crippen molar-refractivity contribution in [3.63, 3.8) is 0 Å². The zero-order chi connectivity index (χ0) is 16.7. The number of nitrogens with one attached hydrogen (secondary N) is 2. The lowest BCUT2D eigenvalue weighted by Crippen LogP contribution is -2.13. The van der Waals surface area contributed by atoms with Crippen LogP contribution >= 0.6 is 23.1 Å². The van der Waals surface area contributed by atoms with Crippen LogP contribution in [-0.4, -0.2) is 34.9 Å². The Morgan fingerprint density at radius 1 is 1.17 bits per heavy atom. The second-order valence-electron chi connectivity index (χ2n) is 4.34. The van der Waals surface area contributed by atoms with Gasteiger partial charge in [-0.1, -0.05) is 30.0 Å². The van der Waals surface area contributed by atoms with Gasteiger partial charge in [0.15, 0.2) is 4.34 Å². The van der Waals surface area contributed by atoms with Gasteiger partial charge in [-0.25, -0.2) is 0 Å². The number of rotatable bonds is 7. The molecule has 0 spiro atoms. The Hall–Kier alpha value is -2.13. The standard InChI is InChI=1S/C14H16N4O3S2/c1-3-11(19)16-13-17-18-14(23-13)22-8-12(20)15-9-4-6-10(21-2)7-5-9/h4-7H,3,8H2,1-2H3,(H,15,20)(H,16,17,19). The van der Waals surface area contributed by atoms with E-state index in [1.165, 1.54) is 23.1 Å². The highest BCUT2D eigenvalue weighted by molar-refractivity contribution is 8.01. The molecule has 23 heavy (non-hydrogen) atoms. The third-order valence-electron chi connectivity index (χ3n) is 2.67. The number of carbonyl (C=O) groups is 2. The molecule has 0 aliphatic heterocycles. The lowest BCUT2D eigenvalue weighted by molar-refractivity contribution is -0.116. The molecule has 0 unspecified atom stereocenters. The fourth-order valence-corrected chi connectivity index (χ4v) is 3.09. The first-order valence-corrected chi connectivity index (χ1v) is 8.61. The molecular formula is C14H16N4O3S2. The molecular weight excluding hydrogens is 336 g/mol. The summed E-state index contributed by atoms with van der Waals surface area (Å²) in [5.74, 6) is 0.680. The number of hydrogen-bond donors (Lipinski definition) is 2. The quantitative estimate of drug-likeness (QED) is 0.588. The van der Waals surface area contributed by atoms with E-state index in [1.807, 2.05) is 0 Å². The van der Waals surface area contributed by atoms with Crippen LogP contribution in [-0.2, 0) is 9.59 Å². The number of methoxy groups -OCH3 is 1. The van der Waals surface area contributed by atoms with Crippen LogP contribution in [0.4, 0.5) is 10.8 Å². The van der Waals surface area contributed by atoms with Crippen LogP contribution in [0.2, 0.25) is 0 Å². The zero-order valence-electron chi connectivity index (χ0n) is 12.7. The molecule has 1 heterocycles. The van der Waals surface area contributed by atoms with Gasteiger partial charge in [0.2, 0.25) is 16.9 Å². The van der Waals surface area contributed by atoms with Crippen molar-refractivity contribution in [3.05, 3.63) is 24.3 Å². The molecule has 122 valence electrons. The Bertz CT molecular complexity index is 673. The van der Waals surface area contributed by atoms with E-state index in [2.05, 4.69) is 20.8 Å². The monoisotopic (exact) mass is 352 g/mol. The van der Waals surface area contributed by atoms with Crippen LogP contribution in [0.25, 0.3) is 0 Å². The maximum absolute atomic E-state index is 11.9. The third-order valence-corrected chi connectivity index (χ3v) is 4.65. The highest BCUT2D eigenvalue weighted by Gasteiger charge is 2.10. The van der Waals surface area contributed by atoms with E-state index in [0.717, 1.165) is 5.75 Å². The number of amides is 2. The largest absolute Gasteiger partial charge is 0.497 e. The first-order valence-electron chi connectivity index (χ1n) is 6.80. The molecule has 9 heteroatoms. The van der Waals surface area contributed by atoms with Crippen molar-refractivity contribution in [2.45, 2.75) is 17.7 Å². The number of nitrogens with zero attached hydrogens (tertiary/aromatic N) is 2. The Morgan fingerprint density at radius 2 is 1.91 bits per heavy atom. The molecule has 0 atom stereocenters. The molecule has 0 radical (unpaired) electrons. The summed E-state index contributed by atoms with van der Waals surface area (Å²) >= 11 is 2.51. The Kier molecular flexibility index (Phi) is 6.36. The number of carbonyl (C=O) groups excluding carboxylic acids is 2. The molecule has 1 aromatic heterocycles. The van der Waals surface area contributed by atoms with Crippen molar-refractivity contribution in [1.82, 2.24) is 10.2 Å². The van der Waals surface area contributed by atoms with Crippen molar-refractivity contribution in [1.29, 1.82) is 0 Å². The van der Waals surface area contributed by atoms with E-state index < -0.39 is 0 Å². The highest BCUT2D eigenvalue weighted by Crippen LogP contribution is 2.25. The lowest BCUT2D eigenvalue weighted by Gasteiger charge is -2.05. The van der Waals surface area contributed by atoms with Crippen molar-refractivity contribution in [2.75, 3.05) is 23.5 Å². The fourth-order valence-electron chi connectivity index (χ4n) is 1.52. The van der Waals surface area contributed by atoms with Crippen molar-refractivity contribution < 1.29 is 14.3 Å². The molecule has 2 rings (SSSR count). The summed E-state index contributed by atoms with van der Waals surface area (Å²) in [5.41, 5.74) is 0.699. The number of ether oxygens (including phenoxy) is 1. The van der Waals surface area contributed by atoms with Gasteiger partial charge in [-0.15, -0.1) is 10.2 Å². The minimum atomic E-state index is -0.144. The summed E-state index contributed by atoms with van der Waals surface area (Å²) < 4.78 is 5.68. The topological polar surface area (TPSA) is 93.2 Å². The molecule has 0 bridgehead atoms. The van der Waals surface area contributed by atoms with Crippen LogP contribution in [0.1, 0.15) is 13.3 Å². The number of aromatic nitrogens is 2. The van der Waals surface area contributed by atoms with E-state index in [4.69, 9.17) is 4.74 Å². The lowest BCUT2D eigenvalue weighted by atomic mass is 10.3. The summed E-state index contributed by atoms with van der Waals surface area (Å²) in [6, 6.07) is 7.09. The van der Waals surface area contributed by atoms with Gasteiger partial charge in [0.25, 0.3) is 0 Å². The molecule has 7 nitrogen and oxygen atoms in total. The maximum Gasteiger partial charge on any atom is 0.234 e. The maximum atomic E-state index is 11.9. The third kappa shape index (κ3) is 5.53. The van der Waals surface area contributed by atoms with Crippen LogP contribution in [0, 0.1) is 0 Å². The van der Waals surface area contributed by atoms with Crippen LogP contribution in [0.3, 0.4) is 0 Å². The van der Waals surface area contributed by atoms with Crippen molar-refractivity contribution in [2.24, 2.45) is 0 Å². The summed E-state index contributed by atoms with van der Waals surface area (Å²) in [4.78, 5) is 23.1. The molecule has 0 aliphatic carbocycles. The minimum Gasteiger partial charge on any atom is -0.497 e.